The van der Waals surface area contributed by atoms with Gasteiger partial charge in [0, 0.05) is 13.1 Å². The van der Waals surface area contributed by atoms with E-state index in [1.165, 1.54) is 12.1 Å². The Morgan fingerprint density at radius 2 is 2.27 bits per heavy atom. The maximum atomic E-state index is 13.2. The van der Waals surface area contributed by atoms with Gasteiger partial charge in [0.15, 0.2) is 0 Å². The van der Waals surface area contributed by atoms with Crippen LogP contribution in [0.15, 0.2) is 18.2 Å². The van der Waals surface area contributed by atoms with Crippen molar-refractivity contribution in [1.29, 1.82) is 0 Å². The number of aromatic nitrogens is 2. The van der Waals surface area contributed by atoms with E-state index >= 15 is 0 Å². The normalized spacial score (nSPS) is 20.5. The van der Waals surface area contributed by atoms with Gasteiger partial charge in [-0.15, -0.1) is 0 Å². The lowest BCUT2D eigenvalue weighted by Gasteiger charge is -2.39. The van der Waals surface area contributed by atoms with Gasteiger partial charge in [-0.3, -0.25) is 9.59 Å². The van der Waals surface area contributed by atoms with Crippen molar-refractivity contribution in [1.82, 2.24) is 14.9 Å². The van der Waals surface area contributed by atoms with Gasteiger partial charge in [0.25, 0.3) is 0 Å². The van der Waals surface area contributed by atoms with Crippen LogP contribution in [0.4, 0.5) is 4.39 Å². The van der Waals surface area contributed by atoms with E-state index in [4.69, 9.17) is 4.74 Å². The highest BCUT2D eigenvalue weighted by atomic mass is 19.1. The average molecular weight is 363 g/mol. The van der Waals surface area contributed by atoms with Gasteiger partial charge in [-0.05, 0) is 37.5 Å². The summed E-state index contributed by atoms with van der Waals surface area (Å²) in [6.45, 7) is 2.54. The van der Waals surface area contributed by atoms with Crippen LogP contribution >= 0.6 is 0 Å². The molecular weight excluding hydrogens is 341 g/mol. The SMILES string of the molecule is CCC1(C(=O)O)CCCN(C(=O)COCc2nc3ccc(F)cc3[nH]2)C1. The van der Waals surface area contributed by atoms with E-state index in [1.807, 2.05) is 6.92 Å². The number of benzene rings is 1. The van der Waals surface area contributed by atoms with Crippen molar-refractivity contribution < 1.29 is 23.8 Å². The van der Waals surface area contributed by atoms with Crippen molar-refractivity contribution in [2.24, 2.45) is 5.41 Å². The third kappa shape index (κ3) is 3.70. The number of fused-ring (bicyclic) bond motifs is 1. The molecular formula is C18H22FN3O4. The summed E-state index contributed by atoms with van der Waals surface area (Å²) in [6, 6.07) is 4.25. The van der Waals surface area contributed by atoms with Crippen LogP contribution < -0.4 is 0 Å². The lowest BCUT2D eigenvalue weighted by molar-refractivity contribution is -0.156. The molecule has 1 fully saturated rings. The molecule has 1 aliphatic rings. The average Bonchev–Trinajstić information content (AvgIpc) is 3.03. The molecule has 1 saturated heterocycles. The third-order valence-electron chi connectivity index (χ3n) is 5.02. The summed E-state index contributed by atoms with van der Waals surface area (Å²) in [4.78, 5) is 32.7. The van der Waals surface area contributed by atoms with Gasteiger partial charge in [-0.2, -0.15) is 0 Å². The standard InChI is InChI=1S/C18H22FN3O4/c1-2-18(17(24)25)6-3-7-22(11-18)16(23)10-26-9-15-20-13-5-4-12(19)8-14(13)21-15/h4-5,8H,2-3,6-7,9-11H2,1H3,(H,20,21)(H,24,25). The molecule has 2 heterocycles. The van der Waals surface area contributed by atoms with Crippen LogP contribution in [0.3, 0.4) is 0 Å². The molecule has 3 rings (SSSR count). The summed E-state index contributed by atoms with van der Waals surface area (Å²) in [7, 11) is 0. The molecule has 1 atom stereocenters. The predicted molar refractivity (Wildman–Crippen MR) is 91.9 cm³/mol. The van der Waals surface area contributed by atoms with Crippen molar-refractivity contribution in [3.63, 3.8) is 0 Å². The number of hydrogen-bond acceptors (Lipinski definition) is 4. The van der Waals surface area contributed by atoms with Gasteiger partial charge in [-0.1, -0.05) is 6.92 Å². The number of nitrogens with zero attached hydrogens (tertiary/aromatic N) is 2. The Morgan fingerprint density at radius 3 is 3.00 bits per heavy atom. The second kappa shape index (κ2) is 7.41. The zero-order chi connectivity index (χ0) is 18.7. The van der Waals surface area contributed by atoms with E-state index in [2.05, 4.69) is 9.97 Å². The van der Waals surface area contributed by atoms with E-state index in [1.54, 1.807) is 11.0 Å². The molecule has 2 N–H and O–H groups in total. The summed E-state index contributed by atoms with van der Waals surface area (Å²) in [5.41, 5.74) is 0.332. The summed E-state index contributed by atoms with van der Waals surface area (Å²) in [5, 5.41) is 9.49. The molecule has 8 heteroatoms. The Bertz CT molecular complexity index is 822. The molecule has 140 valence electrons. The van der Waals surface area contributed by atoms with Crippen LogP contribution in [0.2, 0.25) is 0 Å². The number of carbonyl (C=O) groups excluding carboxylic acids is 1. The number of likely N-dealkylation sites (tertiary alicyclic amines) is 1. The number of carbonyl (C=O) groups is 2. The summed E-state index contributed by atoms with van der Waals surface area (Å²) in [5.74, 6) is -0.934. The first-order valence-electron chi connectivity index (χ1n) is 8.66. The number of imidazole rings is 1. The topological polar surface area (TPSA) is 95.5 Å². The van der Waals surface area contributed by atoms with E-state index in [0.29, 0.717) is 42.7 Å². The summed E-state index contributed by atoms with van der Waals surface area (Å²) in [6.07, 6.45) is 1.74. The van der Waals surface area contributed by atoms with E-state index in [-0.39, 0.29) is 31.5 Å². The van der Waals surface area contributed by atoms with Gasteiger partial charge >= 0.3 is 5.97 Å². The number of ether oxygens (including phenoxy) is 1. The maximum absolute atomic E-state index is 13.2. The van der Waals surface area contributed by atoms with Crippen LogP contribution in [-0.4, -0.2) is 51.5 Å². The van der Waals surface area contributed by atoms with Gasteiger partial charge < -0.3 is 19.7 Å². The summed E-state index contributed by atoms with van der Waals surface area (Å²) >= 11 is 0. The lowest BCUT2D eigenvalue weighted by atomic mass is 9.77. The van der Waals surface area contributed by atoms with Crippen LogP contribution in [0, 0.1) is 11.2 Å². The fourth-order valence-electron chi connectivity index (χ4n) is 3.39. The number of piperidine rings is 1. The van der Waals surface area contributed by atoms with Crippen LogP contribution in [-0.2, 0) is 20.9 Å². The molecule has 0 radical (unpaired) electrons. The molecule has 26 heavy (non-hydrogen) atoms. The van der Waals surface area contributed by atoms with Crippen LogP contribution in [0.25, 0.3) is 11.0 Å². The number of carboxylic acid groups (broad SMARTS) is 1. The molecule has 1 aliphatic heterocycles. The number of aliphatic carboxylic acids is 1. The van der Waals surface area contributed by atoms with Crippen LogP contribution in [0.1, 0.15) is 32.0 Å². The second-order valence-electron chi connectivity index (χ2n) is 6.70. The highest BCUT2D eigenvalue weighted by molar-refractivity contribution is 5.80. The zero-order valence-corrected chi connectivity index (χ0v) is 14.6. The number of aromatic amines is 1. The molecule has 1 aromatic carbocycles. The Balaban J connectivity index is 1.55. The van der Waals surface area contributed by atoms with Crippen molar-refractivity contribution in [2.75, 3.05) is 19.7 Å². The first-order chi connectivity index (χ1) is 12.4. The first-order valence-corrected chi connectivity index (χ1v) is 8.66. The van der Waals surface area contributed by atoms with Gasteiger partial charge in [0.05, 0.1) is 16.4 Å². The lowest BCUT2D eigenvalue weighted by Crippen LogP contribution is -2.50. The number of H-pyrrole nitrogens is 1. The molecule has 0 bridgehead atoms. The Labute approximate surface area is 150 Å². The molecule has 1 aromatic heterocycles. The van der Waals surface area contributed by atoms with Crippen molar-refractivity contribution in [2.45, 2.75) is 32.8 Å². The number of amides is 1. The van der Waals surface area contributed by atoms with Crippen molar-refractivity contribution in [3.8, 4) is 0 Å². The third-order valence-corrected chi connectivity index (χ3v) is 5.02. The highest BCUT2D eigenvalue weighted by Crippen LogP contribution is 2.33. The van der Waals surface area contributed by atoms with Crippen LogP contribution in [0.5, 0.6) is 0 Å². The molecule has 1 unspecified atom stereocenters. The minimum absolute atomic E-state index is 0.0910. The molecule has 0 spiro atoms. The van der Waals surface area contributed by atoms with E-state index < -0.39 is 11.4 Å². The Morgan fingerprint density at radius 1 is 1.46 bits per heavy atom. The quantitative estimate of drug-likeness (QED) is 0.821. The largest absolute Gasteiger partial charge is 0.481 e. The minimum Gasteiger partial charge on any atom is -0.481 e. The van der Waals surface area contributed by atoms with Gasteiger partial charge in [0.2, 0.25) is 5.91 Å². The number of rotatable bonds is 6. The van der Waals surface area contributed by atoms with Crippen molar-refractivity contribution in [3.05, 3.63) is 29.8 Å². The first kappa shape index (κ1) is 18.3. The maximum Gasteiger partial charge on any atom is 0.311 e. The molecule has 7 nitrogen and oxygen atoms in total. The van der Waals surface area contributed by atoms with E-state index in [0.717, 1.165) is 0 Å². The predicted octanol–water partition coefficient (Wildman–Crippen LogP) is 2.32. The Kier molecular flexibility index (Phi) is 5.22. The number of hydrogen-bond donors (Lipinski definition) is 2. The minimum atomic E-state index is -0.864. The number of carboxylic acids is 1. The monoisotopic (exact) mass is 363 g/mol. The summed E-state index contributed by atoms with van der Waals surface area (Å²) < 4.78 is 18.6. The molecule has 0 saturated carbocycles. The Hall–Kier alpha value is -2.48. The van der Waals surface area contributed by atoms with Crippen molar-refractivity contribution >= 4 is 22.9 Å². The molecule has 2 aromatic rings. The molecule has 0 aliphatic carbocycles. The second-order valence-corrected chi connectivity index (χ2v) is 6.70. The smallest absolute Gasteiger partial charge is 0.311 e. The highest BCUT2D eigenvalue weighted by Gasteiger charge is 2.42. The number of halogens is 1. The molecule has 1 amide bonds. The van der Waals surface area contributed by atoms with Gasteiger partial charge in [-0.25, -0.2) is 9.37 Å². The number of nitrogens with one attached hydrogen (secondary N) is 1. The zero-order valence-electron chi connectivity index (χ0n) is 14.6. The van der Waals surface area contributed by atoms with Gasteiger partial charge in [0.1, 0.15) is 24.9 Å². The fourth-order valence-corrected chi connectivity index (χ4v) is 3.39. The fraction of sp³-hybridized carbons (Fsp3) is 0.500. The van der Waals surface area contributed by atoms with E-state index in [9.17, 15) is 19.1 Å².